The summed E-state index contributed by atoms with van der Waals surface area (Å²) in [5, 5.41) is 0. The number of hydrogen-bond acceptors (Lipinski definition) is 3. The van der Waals surface area contributed by atoms with E-state index in [1.165, 1.54) is 12.1 Å². The molecule has 1 amide bonds. The maximum absolute atomic E-state index is 13.5. The number of hydrogen-bond donors (Lipinski definition) is 1. The second-order valence-corrected chi connectivity index (χ2v) is 4.78. The van der Waals surface area contributed by atoms with Crippen LogP contribution in [0.1, 0.15) is 19.8 Å². The molecule has 0 radical (unpaired) electrons. The van der Waals surface area contributed by atoms with E-state index in [1.54, 1.807) is 17.0 Å². The Labute approximate surface area is 112 Å². The zero-order valence-corrected chi connectivity index (χ0v) is 11.0. The molecule has 1 heterocycles. The Balaban J connectivity index is 2.04. The number of amides is 1. The van der Waals surface area contributed by atoms with Crippen molar-refractivity contribution in [2.24, 2.45) is 5.73 Å². The smallest absolute Gasteiger partial charge is 0.263 e. The fourth-order valence-corrected chi connectivity index (χ4v) is 2.19. The third kappa shape index (κ3) is 3.23. The van der Waals surface area contributed by atoms with Crippen LogP contribution in [0, 0.1) is 5.82 Å². The molecule has 0 bridgehead atoms. The van der Waals surface area contributed by atoms with Crippen molar-refractivity contribution in [1.29, 1.82) is 0 Å². The lowest BCUT2D eigenvalue weighted by molar-refractivity contribution is -0.137. The van der Waals surface area contributed by atoms with Crippen LogP contribution in [0.2, 0.25) is 0 Å². The number of likely N-dealkylation sites (tertiary alicyclic amines) is 1. The van der Waals surface area contributed by atoms with Crippen molar-refractivity contribution in [1.82, 2.24) is 4.90 Å². The van der Waals surface area contributed by atoms with Crippen LogP contribution in [0.4, 0.5) is 4.39 Å². The molecule has 2 rings (SSSR count). The SMILES string of the molecule is CC[C@@H](Oc1ccccc1F)C(=O)N1CC[C@H](N)C1. The molecule has 1 aliphatic rings. The number of benzene rings is 1. The number of halogens is 1. The van der Waals surface area contributed by atoms with Crippen molar-refractivity contribution < 1.29 is 13.9 Å². The predicted molar refractivity (Wildman–Crippen MR) is 70.3 cm³/mol. The Kier molecular flexibility index (Phi) is 4.37. The molecule has 2 N–H and O–H groups in total. The number of nitrogens with zero attached hydrogens (tertiary/aromatic N) is 1. The summed E-state index contributed by atoms with van der Waals surface area (Å²) in [5.74, 6) is -0.447. The van der Waals surface area contributed by atoms with Gasteiger partial charge in [0.25, 0.3) is 5.91 Å². The van der Waals surface area contributed by atoms with Gasteiger partial charge in [-0.05, 0) is 25.0 Å². The highest BCUT2D eigenvalue weighted by Gasteiger charge is 2.30. The van der Waals surface area contributed by atoms with Gasteiger partial charge in [0.15, 0.2) is 17.7 Å². The monoisotopic (exact) mass is 266 g/mol. The first-order chi connectivity index (χ1) is 9.11. The topological polar surface area (TPSA) is 55.6 Å². The summed E-state index contributed by atoms with van der Waals surface area (Å²) in [6.07, 6.45) is 0.656. The highest BCUT2D eigenvalue weighted by atomic mass is 19.1. The van der Waals surface area contributed by atoms with Crippen LogP contribution in [0.15, 0.2) is 24.3 Å². The largest absolute Gasteiger partial charge is 0.478 e. The summed E-state index contributed by atoms with van der Waals surface area (Å²) in [5.41, 5.74) is 5.79. The molecule has 1 aliphatic heterocycles. The Hall–Kier alpha value is -1.62. The van der Waals surface area contributed by atoms with Gasteiger partial charge in [-0.1, -0.05) is 19.1 Å². The normalized spacial score (nSPS) is 20.4. The summed E-state index contributed by atoms with van der Waals surface area (Å²) in [7, 11) is 0. The number of para-hydroxylation sites is 1. The highest BCUT2D eigenvalue weighted by molar-refractivity contribution is 5.81. The van der Waals surface area contributed by atoms with Crippen molar-refractivity contribution in [2.45, 2.75) is 31.9 Å². The van der Waals surface area contributed by atoms with E-state index in [1.807, 2.05) is 6.92 Å². The molecule has 2 atom stereocenters. The summed E-state index contributed by atoms with van der Waals surface area (Å²) in [4.78, 5) is 14.0. The van der Waals surface area contributed by atoms with E-state index in [4.69, 9.17) is 10.5 Å². The molecule has 0 aromatic heterocycles. The standard InChI is InChI=1S/C14H19FN2O2/c1-2-12(14(18)17-8-7-10(16)9-17)19-13-6-4-3-5-11(13)15/h3-6,10,12H,2,7-9,16H2,1H3/t10-,12+/m0/s1. The third-order valence-electron chi connectivity index (χ3n) is 3.29. The van der Waals surface area contributed by atoms with Crippen molar-refractivity contribution >= 4 is 5.91 Å². The molecule has 1 fully saturated rings. The highest BCUT2D eigenvalue weighted by Crippen LogP contribution is 2.20. The van der Waals surface area contributed by atoms with Gasteiger partial charge in [0, 0.05) is 19.1 Å². The maximum atomic E-state index is 13.5. The van der Waals surface area contributed by atoms with Crippen molar-refractivity contribution in [3.05, 3.63) is 30.1 Å². The third-order valence-corrected chi connectivity index (χ3v) is 3.29. The first-order valence-electron chi connectivity index (χ1n) is 6.57. The van der Waals surface area contributed by atoms with E-state index in [9.17, 15) is 9.18 Å². The van der Waals surface area contributed by atoms with E-state index in [0.29, 0.717) is 19.5 Å². The van der Waals surface area contributed by atoms with Gasteiger partial charge in [-0.15, -0.1) is 0 Å². The van der Waals surface area contributed by atoms with Crippen molar-refractivity contribution in [3.63, 3.8) is 0 Å². The average molecular weight is 266 g/mol. The van der Waals surface area contributed by atoms with Gasteiger partial charge in [0.2, 0.25) is 0 Å². The van der Waals surface area contributed by atoms with Gasteiger partial charge in [-0.2, -0.15) is 0 Å². The Morgan fingerprint density at radius 3 is 2.89 bits per heavy atom. The van der Waals surface area contributed by atoms with E-state index in [0.717, 1.165) is 6.42 Å². The average Bonchev–Trinajstić information content (AvgIpc) is 2.84. The lowest BCUT2D eigenvalue weighted by atomic mass is 10.2. The van der Waals surface area contributed by atoms with Gasteiger partial charge in [-0.25, -0.2) is 4.39 Å². The lowest BCUT2D eigenvalue weighted by Gasteiger charge is -2.23. The van der Waals surface area contributed by atoms with E-state index >= 15 is 0 Å². The first-order valence-corrected chi connectivity index (χ1v) is 6.57. The predicted octanol–water partition coefficient (Wildman–Crippen LogP) is 1.54. The fraction of sp³-hybridized carbons (Fsp3) is 0.500. The summed E-state index contributed by atoms with van der Waals surface area (Å²) in [6.45, 7) is 3.05. The van der Waals surface area contributed by atoms with Gasteiger partial charge >= 0.3 is 0 Å². The van der Waals surface area contributed by atoms with Crippen LogP contribution in [0.5, 0.6) is 5.75 Å². The zero-order valence-electron chi connectivity index (χ0n) is 11.0. The quantitative estimate of drug-likeness (QED) is 0.899. The summed E-state index contributed by atoms with van der Waals surface area (Å²) in [6, 6.07) is 6.15. The molecular formula is C14H19FN2O2. The minimum atomic E-state index is -0.651. The van der Waals surface area contributed by atoms with Crippen molar-refractivity contribution in [3.8, 4) is 5.75 Å². The molecule has 4 nitrogen and oxygen atoms in total. The van der Waals surface area contributed by atoms with E-state index < -0.39 is 11.9 Å². The molecule has 1 saturated heterocycles. The second-order valence-electron chi connectivity index (χ2n) is 4.78. The van der Waals surface area contributed by atoms with Crippen molar-refractivity contribution in [2.75, 3.05) is 13.1 Å². The molecule has 0 unspecified atom stereocenters. The van der Waals surface area contributed by atoms with Crippen LogP contribution < -0.4 is 10.5 Å². The molecule has 19 heavy (non-hydrogen) atoms. The Morgan fingerprint density at radius 2 is 2.32 bits per heavy atom. The minimum Gasteiger partial charge on any atom is -0.478 e. The molecule has 0 spiro atoms. The molecule has 104 valence electrons. The minimum absolute atomic E-state index is 0.0370. The van der Waals surface area contributed by atoms with Crippen LogP contribution in [-0.4, -0.2) is 36.0 Å². The number of carbonyl (C=O) groups is 1. The van der Waals surface area contributed by atoms with Gasteiger partial charge in [0.1, 0.15) is 0 Å². The molecule has 1 aromatic rings. The van der Waals surface area contributed by atoms with Crippen LogP contribution in [-0.2, 0) is 4.79 Å². The summed E-state index contributed by atoms with van der Waals surface area (Å²) >= 11 is 0. The molecule has 5 heteroatoms. The van der Waals surface area contributed by atoms with E-state index in [-0.39, 0.29) is 17.7 Å². The van der Waals surface area contributed by atoms with E-state index in [2.05, 4.69) is 0 Å². The second kappa shape index (κ2) is 6.02. The first kappa shape index (κ1) is 13.8. The number of ether oxygens (including phenoxy) is 1. The van der Waals surface area contributed by atoms with Gasteiger partial charge in [0.05, 0.1) is 0 Å². The number of carbonyl (C=O) groups excluding carboxylic acids is 1. The Morgan fingerprint density at radius 1 is 1.58 bits per heavy atom. The van der Waals surface area contributed by atoms with Gasteiger partial charge < -0.3 is 15.4 Å². The van der Waals surface area contributed by atoms with Gasteiger partial charge in [-0.3, -0.25) is 4.79 Å². The lowest BCUT2D eigenvalue weighted by Crippen LogP contribution is -2.41. The maximum Gasteiger partial charge on any atom is 0.263 e. The zero-order chi connectivity index (χ0) is 13.8. The number of nitrogens with two attached hydrogens (primary N) is 1. The molecule has 0 saturated carbocycles. The number of rotatable bonds is 4. The molecule has 1 aromatic carbocycles. The van der Waals surface area contributed by atoms with Crippen LogP contribution in [0.3, 0.4) is 0 Å². The molecular weight excluding hydrogens is 247 g/mol. The van der Waals surface area contributed by atoms with Crippen LogP contribution in [0.25, 0.3) is 0 Å². The Bertz CT molecular complexity index is 453. The summed E-state index contributed by atoms with van der Waals surface area (Å²) < 4.78 is 19.0. The molecule has 0 aliphatic carbocycles. The fourth-order valence-electron chi connectivity index (χ4n) is 2.19. The van der Waals surface area contributed by atoms with Crippen LogP contribution >= 0.6 is 0 Å².